The van der Waals surface area contributed by atoms with Gasteiger partial charge in [-0.25, -0.2) is 0 Å². The van der Waals surface area contributed by atoms with Gasteiger partial charge in [0.1, 0.15) is 0 Å². The molecule has 0 radical (unpaired) electrons. The van der Waals surface area contributed by atoms with Crippen molar-refractivity contribution in [1.29, 1.82) is 0 Å². The first-order chi connectivity index (χ1) is 12.8. The van der Waals surface area contributed by atoms with Crippen molar-refractivity contribution in [2.24, 2.45) is 0 Å². The molecule has 0 unspecified atom stereocenters. The number of hydrogen-bond donors (Lipinski definition) is 0. The molecule has 0 saturated heterocycles. The molecule has 26 heavy (non-hydrogen) atoms. The van der Waals surface area contributed by atoms with Gasteiger partial charge in [-0.2, -0.15) is 0 Å². The first kappa shape index (κ1) is 21.2. The zero-order chi connectivity index (χ0) is 18.6. The molecule has 1 heterocycles. The average molecular weight is 477 g/mol. The molecule has 1 aromatic rings. The number of carbonyl (C=O) groups is 2. The number of benzene rings is 1. The molecule has 2 rings (SSSR count). The fourth-order valence-electron chi connectivity index (χ4n) is 2.41. The number of nitrogens with zero attached hydrogens (tertiary/aromatic N) is 1. The Kier molecular flexibility index (Phi) is 10.1. The molecule has 1 aliphatic heterocycles. The van der Waals surface area contributed by atoms with Crippen LogP contribution in [-0.2, 0) is 18.9 Å². The maximum atomic E-state index is 12.2. The van der Waals surface area contributed by atoms with Gasteiger partial charge in [0.2, 0.25) is 0 Å². The predicted molar refractivity (Wildman–Crippen MR) is 104 cm³/mol. The van der Waals surface area contributed by atoms with Gasteiger partial charge in [0, 0.05) is 4.43 Å². The summed E-state index contributed by atoms with van der Waals surface area (Å²) in [5, 5.41) is 0. The summed E-state index contributed by atoms with van der Waals surface area (Å²) in [4.78, 5) is 25.5. The van der Waals surface area contributed by atoms with Gasteiger partial charge in [-0.1, -0.05) is 34.7 Å². The van der Waals surface area contributed by atoms with E-state index in [1.165, 1.54) is 4.90 Å². The van der Waals surface area contributed by atoms with Crippen LogP contribution in [0.1, 0.15) is 20.7 Å². The van der Waals surface area contributed by atoms with E-state index in [1.807, 2.05) is 0 Å². The minimum atomic E-state index is -0.259. The smallest absolute Gasteiger partial charge is 0.261 e. The van der Waals surface area contributed by atoms with E-state index in [4.69, 9.17) is 18.9 Å². The van der Waals surface area contributed by atoms with Crippen LogP contribution in [0.5, 0.6) is 0 Å². The summed E-state index contributed by atoms with van der Waals surface area (Å²) >= 11 is 2.26. The van der Waals surface area contributed by atoms with Crippen LogP contribution in [0.3, 0.4) is 0 Å². The molecule has 0 fully saturated rings. The molecule has 1 aliphatic rings. The van der Waals surface area contributed by atoms with E-state index in [0.29, 0.717) is 57.4 Å². The predicted octanol–water partition coefficient (Wildman–Crippen LogP) is 1.78. The Balaban J connectivity index is 1.46. The Bertz CT molecular complexity index is 548. The number of imide groups is 1. The summed E-state index contributed by atoms with van der Waals surface area (Å²) in [7, 11) is 0. The van der Waals surface area contributed by atoms with E-state index in [-0.39, 0.29) is 18.4 Å². The lowest BCUT2D eigenvalue weighted by atomic mass is 10.1. The highest BCUT2D eigenvalue weighted by Gasteiger charge is 2.34. The van der Waals surface area contributed by atoms with Crippen LogP contribution in [0.15, 0.2) is 24.3 Å². The molecule has 8 heteroatoms. The summed E-state index contributed by atoms with van der Waals surface area (Å²) in [5.41, 5.74) is 0.918. The molecule has 0 N–H and O–H groups in total. The van der Waals surface area contributed by atoms with E-state index < -0.39 is 0 Å². The third kappa shape index (κ3) is 6.58. The van der Waals surface area contributed by atoms with Crippen molar-refractivity contribution in [3.63, 3.8) is 0 Å². The van der Waals surface area contributed by atoms with E-state index in [9.17, 15) is 9.59 Å². The monoisotopic (exact) mass is 477 g/mol. The van der Waals surface area contributed by atoms with Crippen LogP contribution in [0.2, 0.25) is 0 Å². The van der Waals surface area contributed by atoms with Gasteiger partial charge >= 0.3 is 0 Å². The Morgan fingerprint density at radius 1 is 0.692 bits per heavy atom. The topological polar surface area (TPSA) is 74.3 Å². The first-order valence-corrected chi connectivity index (χ1v) is 10.1. The van der Waals surface area contributed by atoms with Crippen molar-refractivity contribution in [1.82, 2.24) is 4.90 Å². The van der Waals surface area contributed by atoms with Crippen molar-refractivity contribution < 1.29 is 28.5 Å². The number of ether oxygens (including phenoxy) is 4. The normalized spacial score (nSPS) is 13.5. The van der Waals surface area contributed by atoms with Crippen molar-refractivity contribution >= 4 is 34.4 Å². The molecule has 7 nitrogen and oxygen atoms in total. The number of alkyl halides is 1. The summed E-state index contributed by atoms with van der Waals surface area (Å²) in [6.07, 6.45) is 0. The molecule has 2 amide bonds. The van der Waals surface area contributed by atoms with E-state index in [0.717, 1.165) is 11.0 Å². The second-order valence-corrected chi connectivity index (χ2v) is 6.52. The molecule has 0 aromatic heterocycles. The van der Waals surface area contributed by atoms with Crippen molar-refractivity contribution in [3.05, 3.63) is 35.4 Å². The maximum absolute atomic E-state index is 12.2. The van der Waals surface area contributed by atoms with Crippen LogP contribution < -0.4 is 0 Å². The summed E-state index contributed by atoms with van der Waals surface area (Å²) in [6.45, 7) is 4.31. The number of hydrogen-bond acceptors (Lipinski definition) is 6. The SMILES string of the molecule is O=C1c2ccccc2C(=O)N1CCOCCOCCOCCOCCI. The highest BCUT2D eigenvalue weighted by molar-refractivity contribution is 14.1. The largest absolute Gasteiger partial charge is 0.378 e. The second kappa shape index (κ2) is 12.3. The Morgan fingerprint density at radius 2 is 1.12 bits per heavy atom. The van der Waals surface area contributed by atoms with Gasteiger partial charge in [0.15, 0.2) is 0 Å². The fourth-order valence-corrected chi connectivity index (χ4v) is 2.73. The lowest BCUT2D eigenvalue weighted by molar-refractivity contribution is -0.00165. The number of carbonyl (C=O) groups excluding carboxylic acids is 2. The highest BCUT2D eigenvalue weighted by Crippen LogP contribution is 2.21. The third-order valence-corrected chi connectivity index (χ3v) is 4.12. The molecular formula is C18H24INO6. The van der Waals surface area contributed by atoms with Crippen LogP contribution in [0.4, 0.5) is 0 Å². The highest BCUT2D eigenvalue weighted by atomic mass is 127. The Morgan fingerprint density at radius 3 is 1.58 bits per heavy atom. The van der Waals surface area contributed by atoms with E-state index in [1.54, 1.807) is 24.3 Å². The van der Waals surface area contributed by atoms with E-state index in [2.05, 4.69) is 22.6 Å². The number of rotatable bonds is 14. The lowest BCUT2D eigenvalue weighted by Crippen LogP contribution is -2.33. The van der Waals surface area contributed by atoms with Crippen molar-refractivity contribution in [2.45, 2.75) is 0 Å². The average Bonchev–Trinajstić information content (AvgIpc) is 2.90. The maximum Gasteiger partial charge on any atom is 0.261 e. The standard InChI is InChI=1S/C18H24INO6/c19-5-7-23-9-11-25-13-14-26-12-10-24-8-6-20-17(21)15-3-1-2-4-16(15)18(20)22/h1-4H,5-14H2. The Labute approximate surface area is 167 Å². The van der Waals surface area contributed by atoms with Crippen LogP contribution in [-0.4, -0.2) is 80.5 Å². The zero-order valence-electron chi connectivity index (χ0n) is 14.7. The second-order valence-electron chi connectivity index (χ2n) is 5.45. The molecule has 0 spiro atoms. The lowest BCUT2D eigenvalue weighted by Gasteiger charge is -2.13. The molecular weight excluding hydrogens is 453 g/mol. The van der Waals surface area contributed by atoms with Crippen LogP contribution in [0, 0.1) is 0 Å². The van der Waals surface area contributed by atoms with Crippen LogP contribution in [0.25, 0.3) is 0 Å². The number of amides is 2. The van der Waals surface area contributed by atoms with Gasteiger partial charge < -0.3 is 18.9 Å². The van der Waals surface area contributed by atoms with Crippen molar-refractivity contribution in [2.75, 3.05) is 63.8 Å². The molecule has 0 atom stereocenters. The number of halogens is 1. The van der Waals surface area contributed by atoms with E-state index >= 15 is 0 Å². The summed E-state index contributed by atoms with van der Waals surface area (Å²) in [5.74, 6) is -0.518. The van der Waals surface area contributed by atoms with Gasteiger partial charge in [0.25, 0.3) is 11.8 Å². The fraction of sp³-hybridized carbons (Fsp3) is 0.556. The molecule has 0 saturated carbocycles. The van der Waals surface area contributed by atoms with Gasteiger partial charge in [0.05, 0.1) is 70.5 Å². The van der Waals surface area contributed by atoms with Crippen molar-refractivity contribution in [3.8, 4) is 0 Å². The summed E-state index contributed by atoms with van der Waals surface area (Å²) in [6, 6.07) is 6.84. The first-order valence-electron chi connectivity index (χ1n) is 8.58. The molecule has 0 aliphatic carbocycles. The summed E-state index contributed by atoms with van der Waals surface area (Å²) < 4.78 is 22.4. The quantitative estimate of drug-likeness (QED) is 0.176. The van der Waals surface area contributed by atoms with Gasteiger partial charge in [-0.15, -0.1) is 0 Å². The zero-order valence-corrected chi connectivity index (χ0v) is 16.8. The molecule has 144 valence electrons. The minimum Gasteiger partial charge on any atom is -0.378 e. The van der Waals surface area contributed by atoms with Gasteiger partial charge in [-0.05, 0) is 12.1 Å². The minimum absolute atomic E-state index is 0.243. The third-order valence-electron chi connectivity index (χ3n) is 3.67. The Hall–Kier alpha value is -1.07. The van der Waals surface area contributed by atoms with Crippen LogP contribution >= 0.6 is 22.6 Å². The number of fused-ring (bicyclic) bond motifs is 1. The molecule has 1 aromatic carbocycles. The molecule has 0 bridgehead atoms. The van der Waals surface area contributed by atoms with Gasteiger partial charge in [-0.3, -0.25) is 14.5 Å².